The summed E-state index contributed by atoms with van der Waals surface area (Å²) in [5.41, 5.74) is 1.57. The van der Waals surface area contributed by atoms with Crippen LogP contribution in [-0.2, 0) is 16.8 Å². The second-order valence-corrected chi connectivity index (χ2v) is 10.5. The topological polar surface area (TPSA) is 90.0 Å². The molecule has 7 nitrogen and oxygen atoms in total. The van der Waals surface area contributed by atoms with E-state index in [-0.39, 0.29) is 18.7 Å². The summed E-state index contributed by atoms with van der Waals surface area (Å²) >= 11 is 0. The Hall–Kier alpha value is -2.49. The maximum absolute atomic E-state index is 13.8. The third kappa shape index (κ3) is 6.10. The number of carbonyl (C=O) groups excluding carboxylic acids is 1. The quantitative estimate of drug-likeness (QED) is 0.663. The van der Waals surface area contributed by atoms with Crippen molar-refractivity contribution in [3.63, 3.8) is 0 Å². The highest BCUT2D eigenvalue weighted by atomic mass is 32.2. The van der Waals surface area contributed by atoms with Crippen LogP contribution in [0.2, 0.25) is 0 Å². The van der Waals surface area contributed by atoms with Crippen molar-refractivity contribution in [2.45, 2.75) is 44.6 Å². The summed E-state index contributed by atoms with van der Waals surface area (Å²) in [6.07, 6.45) is 5.24. The van der Waals surface area contributed by atoms with Gasteiger partial charge in [-0.05, 0) is 68.3 Å². The Morgan fingerprint density at radius 1 is 1.06 bits per heavy atom. The van der Waals surface area contributed by atoms with Crippen molar-refractivity contribution >= 4 is 16.1 Å². The number of halogens is 1. The highest BCUT2D eigenvalue weighted by Gasteiger charge is 2.32. The van der Waals surface area contributed by atoms with Crippen LogP contribution in [0.5, 0.6) is 5.75 Å². The molecule has 2 N–H and O–H groups in total. The first-order valence-electron chi connectivity index (χ1n) is 11.4. The molecular weight excluding hydrogens is 445 g/mol. The number of nitrogens with zero attached hydrogens (tertiary/aromatic N) is 2. The summed E-state index contributed by atoms with van der Waals surface area (Å²) in [6, 6.07) is 12.8. The Bertz CT molecular complexity index is 1090. The van der Waals surface area contributed by atoms with Gasteiger partial charge in [-0.25, -0.2) is 9.11 Å². The molecule has 180 valence electrons. The molecule has 3 fully saturated rings. The smallest absolute Gasteiger partial charge is 0.304 e. The van der Waals surface area contributed by atoms with Gasteiger partial charge in [-0.3, -0.25) is 9.69 Å². The Balaban J connectivity index is 0.000000212. The zero-order chi connectivity index (χ0) is 23.4. The van der Waals surface area contributed by atoms with E-state index >= 15 is 0 Å². The molecule has 5 rings (SSSR count). The van der Waals surface area contributed by atoms with Gasteiger partial charge in [-0.1, -0.05) is 30.3 Å². The minimum Gasteiger partial charge on any atom is -0.508 e. The summed E-state index contributed by atoms with van der Waals surface area (Å²) in [6.45, 7) is 4.42. The Labute approximate surface area is 195 Å². The van der Waals surface area contributed by atoms with Crippen LogP contribution in [0.3, 0.4) is 0 Å². The third-order valence-electron chi connectivity index (χ3n) is 6.20. The first-order chi connectivity index (χ1) is 15.8. The summed E-state index contributed by atoms with van der Waals surface area (Å²) < 4.78 is 40.4. The van der Waals surface area contributed by atoms with E-state index in [0.29, 0.717) is 18.7 Å². The fourth-order valence-corrected chi connectivity index (χ4v) is 5.23. The van der Waals surface area contributed by atoms with E-state index in [0.717, 1.165) is 36.2 Å². The molecule has 1 amide bonds. The normalized spacial score (nSPS) is 18.8. The predicted octanol–water partition coefficient (Wildman–Crippen LogP) is 3.62. The van der Waals surface area contributed by atoms with Crippen LogP contribution in [-0.4, -0.2) is 54.8 Å². The maximum Gasteiger partial charge on any atom is 0.304 e. The lowest BCUT2D eigenvalue weighted by atomic mass is 10.0. The fraction of sp³-hybridized carbons (Fsp3) is 0.458. The Morgan fingerprint density at radius 3 is 2.30 bits per heavy atom. The van der Waals surface area contributed by atoms with Crippen molar-refractivity contribution in [1.29, 1.82) is 0 Å². The van der Waals surface area contributed by atoms with Crippen molar-refractivity contribution in [2.24, 2.45) is 0 Å². The molecule has 0 unspecified atom stereocenters. The summed E-state index contributed by atoms with van der Waals surface area (Å²) in [5, 5.41) is 9.68. The van der Waals surface area contributed by atoms with Gasteiger partial charge in [-0.15, -0.1) is 0 Å². The number of amides is 1. The van der Waals surface area contributed by atoms with Crippen LogP contribution < -0.4 is 4.72 Å². The van der Waals surface area contributed by atoms with E-state index in [2.05, 4.69) is 35.2 Å². The van der Waals surface area contributed by atoms with E-state index in [1.165, 1.54) is 37.6 Å². The van der Waals surface area contributed by atoms with Gasteiger partial charge in [0.05, 0.1) is 5.56 Å². The Morgan fingerprint density at radius 2 is 1.73 bits per heavy atom. The predicted molar refractivity (Wildman–Crippen MR) is 126 cm³/mol. The largest absolute Gasteiger partial charge is 0.508 e. The lowest BCUT2D eigenvalue weighted by molar-refractivity contribution is 0.0973. The van der Waals surface area contributed by atoms with Crippen LogP contribution in [0.4, 0.5) is 4.39 Å². The summed E-state index contributed by atoms with van der Waals surface area (Å²) in [5.74, 6) is -2.03. The molecular formula is C24H32FN3O4S. The molecule has 2 aromatic rings. The number of benzene rings is 2. The van der Waals surface area contributed by atoms with Gasteiger partial charge in [0.15, 0.2) is 0 Å². The van der Waals surface area contributed by atoms with Crippen LogP contribution in [0.1, 0.15) is 60.9 Å². The van der Waals surface area contributed by atoms with Crippen molar-refractivity contribution in [2.75, 3.05) is 26.2 Å². The standard InChI is InChI=1S/C13H15FN2O4S.C11H15N.H2/c14-11-7-12(17)9(8-2-3-8)6-10(11)13(18)15-21(19,20)16-4-1-5-16;1-2-6-11(7-3-1)10-12-8-4-5-9-12;/h6-8,17H,1-5H2,(H,15,18);1-3,6-7H,4-5,8-10H2;1H. The van der Waals surface area contributed by atoms with Gasteiger partial charge >= 0.3 is 10.2 Å². The molecule has 1 saturated carbocycles. The van der Waals surface area contributed by atoms with E-state index in [9.17, 15) is 22.7 Å². The molecule has 0 atom stereocenters. The molecule has 0 bridgehead atoms. The van der Waals surface area contributed by atoms with E-state index in [1.807, 2.05) is 4.72 Å². The second-order valence-electron chi connectivity index (χ2n) is 8.82. The molecule has 3 aliphatic rings. The van der Waals surface area contributed by atoms with E-state index < -0.39 is 21.9 Å². The number of aromatic hydroxyl groups is 1. The first kappa shape index (κ1) is 23.7. The number of likely N-dealkylation sites (tertiary alicyclic amines) is 1. The fourth-order valence-electron chi connectivity index (χ4n) is 4.02. The molecule has 0 radical (unpaired) electrons. The average Bonchev–Trinajstić information content (AvgIpc) is 3.43. The summed E-state index contributed by atoms with van der Waals surface area (Å²) in [7, 11) is -3.91. The van der Waals surface area contributed by atoms with Crippen molar-refractivity contribution < 1.29 is 24.1 Å². The number of carbonyl (C=O) groups is 1. The van der Waals surface area contributed by atoms with Crippen LogP contribution >= 0.6 is 0 Å². The number of phenolic OH excluding ortho intramolecular Hbond substituents is 1. The minimum absolute atomic E-state index is 0. The second kappa shape index (κ2) is 10.2. The van der Waals surface area contributed by atoms with Gasteiger partial charge in [0.2, 0.25) is 0 Å². The molecule has 33 heavy (non-hydrogen) atoms. The zero-order valence-corrected chi connectivity index (χ0v) is 19.4. The zero-order valence-electron chi connectivity index (χ0n) is 18.5. The van der Waals surface area contributed by atoms with Gasteiger partial charge in [0, 0.05) is 27.1 Å². The lowest BCUT2D eigenvalue weighted by Gasteiger charge is -2.29. The SMILES string of the molecule is O=C(NS(=O)(=O)N1CCC1)c1cc(C2CC2)c(O)cc1F.[HH].c1ccc(CN2CCCC2)cc1. The maximum atomic E-state index is 13.8. The summed E-state index contributed by atoms with van der Waals surface area (Å²) in [4.78, 5) is 14.5. The number of hydrogen-bond donors (Lipinski definition) is 2. The third-order valence-corrected chi connectivity index (χ3v) is 7.69. The van der Waals surface area contributed by atoms with E-state index in [4.69, 9.17) is 0 Å². The molecule has 2 aliphatic heterocycles. The molecule has 2 heterocycles. The highest BCUT2D eigenvalue weighted by molar-refractivity contribution is 7.87. The molecule has 2 aromatic carbocycles. The highest BCUT2D eigenvalue weighted by Crippen LogP contribution is 2.44. The lowest BCUT2D eigenvalue weighted by Crippen LogP contribution is -2.49. The monoisotopic (exact) mass is 477 g/mol. The Kier molecular flexibility index (Phi) is 7.31. The number of hydrogen-bond acceptors (Lipinski definition) is 5. The molecule has 2 saturated heterocycles. The molecule has 0 aromatic heterocycles. The van der Waals surface area contributed by atoms with E-state index in [1.54, 1.807) is 0 Å². The van der Waals surface area contributed by atoms with Crippen LogP contribution in [0, 0.1) is 5.82 Å². The van der Waals surface area contributed by atoms with Crippen LogP contribution in [0.25, 0.3) is 0 Å². The molecule has 0 spiro atoms. The number of nitrogens with one attached hydrogen (secondary N) is 1. The van der Waals surface area contributed by atoms with Gasteiger partial charge in [-0.2, -0.15) is 12.7 Å². The van der Waals surface area contributed by atoms with Gasteiger partial charge in [0.25, 0.3) is 5.91 Å². The van der Waals surface area contributed by atoms with Crippen molar-refractivity contribution in [1.82, 2.24) is 13.9 Å². The minimum atomic E-state index is -3.91. The van der Waals surface area contributed by atoms with Gasteiger partial charge in [0.1, 0.15) is 11.6 Å². The molecule has 9 heteroatoms. The molecule has 1 aliphatic carbocycles. The number of phenols is 1. The van der Waals surface area contributed by atoms with Gasteiger partial charge < -0.3 is 5.11 Å². The first-order valence-corrected chi connectivity index (χ1v) is 12.9. The van der Waals surface area contributed by atoms with Crippen LogP contribution in [0.15, 0.2) is 42.5 Å². The number of rotatable bonds is 6. The van der Waals surface area contributed by atoms with Crippen molar-refractivity contribution in [3.05, 3.63) is 65.0 Å². The average molecular weight is 478 g/mol. The van der Waals surface area contributed by atoms with Crippen molar-refractivity contribution in [3.8, 4) is 5.75 Å².